The summed E-state index contributed by atoms with van der Waals surface area (Å²) >= 11 is 0. The molecule has 8 nitrogen and oxygen atoms in total. The van der Waals surface area contributed by atoms with Crippen molar-refractivity contribution >= 4 is 33.4 Å². The summed E-state index contributed by atoms with van der Waals surface area (Å²) in [6.45, 7) is 6.20. The first-order chi connectivity index (χ1) is 16.1. The minimum Gasteiger partial charge on any atom is -0.324 e. The van der Waals surface area contributed by atoms with Crippen LogP contribution in [0, 0.1) is 12.8 Å². The second-order valence-corrected chi connectivity index (χ2v) is 11.1. The molecule has 2 aromatic rings. The van der Waals surface area contributed by atoms with Crippen LogP contribution in [0.1, 0.15) is 59.4 Å². The lowest BCUT2D eigenvalue weighted by atomic mass is 10.0. The summed E-state index contributed by atoms with van der Waals surface area (Å²) in [6, 6.07) is 10.2. The van der Waals surface area contributed by atoms with Crippen molar-refractivity contribution in [2.24, 2.45) is 5.92 Å². The SMILES string of the molecule is Cc1ccc(NC(=O)C(C(C)C)N2C(=O)c3ccccc3C2=O)cc1S(=O)(=O)N1CCCCC1. The highest BCUT2D eigenvalue weighted by molar-refractivity contribution is 7.89. The van der Waals surface area contributed by atoms with E-state index in [1.807, 2.05) is 0 Å². The molecule has 0 aliphatic carbocycles. The third kappa shape index (κ3) is 4.25. The summed E-state index contributed by atoms with van der Waals surface area (Å²) in [7, 11) is -3.69. The van der Waals surface area contributed by atoms with Gasteiger partial charge in [-0.25, -0.2) is 8.42 Å². The molecule has 34 heavy (non-hydrogen) atoms. The Hall–Kier alpha value is -3.04. The van der Waals surface area contributed by atoms with Gasteiger partial charge in [0.05, 0.1) is 16.0 Å². The molecular weight excluding hydrogens is 454 g/mol. The molecular formula is C25H29N3O5S. The number of anilines is 1. The van der Waals surface area contributed by atoms with E-state index in [1.54, 1.807) is 57.2 Å². The number of nitrogens with zero attached hydrogens (tertiary/aromatic N) is 2. The average Bonchev–Trinajstić information content (AvgIpc) is 3.06. The molecule has 4 rings (SSSR count). The largest absolute Gasteiger partial charge is 0.324 e. The second-order valence-electron chi connectivity index (χ2n) is 9.15. The predicted molar refractivity (Wildman–Crippen MR) is 128 cm³/mol. The molecule has 1 saturated heterocycles. The van der Waals surface area contributed by atoms with Gasteiger partial charge in [0.25, 0.3) is 11.8 Å². The lowest BCUT2D eigenvalue weighted by molar-refractivity contribution is -0.121. The van der Waals surface area contributed by atoms with E-state index in [9.17, 15) is 22.8 Å². The van der Waals surface area contributed by atoms with Crippen LogP contribution >= 0.6 is 0 Å². The topological polar surface area (TPSA) is 104 Å². The molecule has 2 aliphatic rings. The van der Waals surface area contributed by atoms with Gasteiger partial charge in [-0.3, -0.25) is 19.3 Å². The molecule has 1 N–H and O–H groups in total. The van der Waals surface area contributed by atoms with E-state index in [4.69, 9.17) is 0 Å². The Kier molecular flexibility index (Phi) is 6.60. The number of rotatable bonds is 6. The predicted octanol–water partition coefficient (Wildman–Crippen LogP) is 3.43. The zero-order valence-corrected chi connectivity index (χ0v) is 20.4. The Balaban J connectivity index is 1.61. The van der Waals surface area contributed by atoms with Crippen molar-refractivity contribution in [1.29, 1.82) is 0 Å². The van der Waals surface area contributed by atoms with Gasteiger partial charge in [0, 0.05) is 18.8 Å². The van der Waals surface area contributed by atoms with E-state index in [-0.39, 0.29) is 21.9 Å². The van der Waals surface area contributed by atoms with Gasteiger partial charge < -0.3 is 5.32 Å². The van der Waals surface area contributed by atoms with Crippen LogP contribution < -0.4 is 5.32 Å². The van der Waals surface area contributed by atoms with Gasteiger partial charge in [-0.15, -0.1) is 0 Å². The molecule has 0 spiro atoms. The Labute approximate surface area is 200 Å². The first-order valence-electron chi connectivity index (χ1n) is 11.5. The molecule has 0 aromatic heterocycles. The highest BCUT2D eigenvalue weighted by Crippen LogP contribution is 2.29. The van der Waals surface area contributed by atoms with Crippen molar-refractivity contribution in [2.75, 3.05) is 18.4 Å². The number of piperidine rings is 1. The van der Waals surface area contributed by atoms with Gasteiger partial charge in [0.2, 0.25) is 15.9 Å². The fourth-order valence-corrected chi connectivity index (χ4v) is 6.36. The molecule has 1 unspecified atom stereocenters. The van der Waals surface area contributed by atoms with Gasteiger partial charge in [0.1, 0.15) is 6.04 Å². The van der Waals surface area contributed by atoms with Crippen LogP contribution in [0.5, 0.6) is 0 Å². The Morgan fingerprint density at radius 3 is 2.09 bits per heavy atom. The van der Waals surface area contributed by atoms with Crippen molar-refractivity contribution in [3.63, 3.8) is 0 Å². The van der Waals surface area contributed by atoms with E-state index in [2.05, 4.69) is 5.32 Å². The van der Waals surface area contributed by atoms with E-state index in [0.717, 1.165) is 24.2 Å². The normalized spacial score (nSPS) is 17.7. The van der Waals surface area contributed by atoms with Crippen LogP contribution in [0.25, 0.3) is 0 Å². The van der Waals surface area contributed by atoms with Crippen LogP contribution in [0.2, 0.25) is 0 Å². The van der Waals surface area contributed by atoms with E-state index < -0.39 is 33.8 Å². The van der Waals surface area contributed by atoms with Crippen molar-refractivity contribution in [3.8, 4) is 0 Å². The molecule has 2 aliphatic heterocycles. The maximum atomic E-state index is 13.3. The van der Waals surface area contributed by atoms with Gasteiger partial charge in [-0.1, -0.05) is 38.5 Å². The van der Waals surface area contributed by atoms with Crippen LogP contribution in [-0.4, -0.2) is 54.5 Å². The number of aryl methyl sites for hydroxylation is 1. The number of sulfonamides is 1. The van der Waals surface area contributed by atoms with Crippen LogP contribution in [0.15, 0.2) is 47.4 Å². The molecule has 0 saturated carbocycles. The van der Waals surface area contributed by atoms with E-state index in [1.165, 1.54) is 10.4 Å². The van der Waals surface area contributed by atoms with Crippen LogP contribution in [0.3, 0.4) is 0 Å². The van der Waals surface area contributed by atoms with Crippen LogP contribution in [-0.2, 0) is 14.8 Å². The smallest absolute Gasteiger partial charge is 0.262 e. The Bertz CT molecular complexity index is 1210. The minimum absolute atomic E-state index is 0.147. The number of nitrogens with one attached hydrogen (secondary N) is 1. The maximum absolute atomic E-state index is 13.3. The molecule has 3 amide bonds. The third-order valence-electron chi connectivity index (χ3n) is 6.39. The van der Waals surface area contributed by atoms with Gasteiger partial charge in [-0.05, 0) is 55.5 Å². The van der Waals surface area contributed by atoms with Crippen molar-refractivity contribution in [2.45, 2.75) is 51.0 Å². The molecule has 9 heteroatoms. The number of amides is 3. The average molecular weight is 484 g/mol. The molecule has 2 heterocycles. The highest BCUT2D eigenvalue weighted by atomic mass is 32.2. The highest BCUT2D eigenvalue weighted by Gasteiger charge is 2.44. The van der Waals surface area contributed by atoms with Crippen LogP contribution in [0.4, 0.5) is 5.69 Å². The molecule has 1 fully saturated rings. The molecule has 1 atom stereocenters. The zero-order chi connectivity index (χ0) is 24.6. The van der Waals surface area contributed by atoms with Gasteiger partial charge in [-0.2, -0.15) is 4.31 Å². The number of carbonyl (C=O) groups is 3. The number of hydrogen-bond donors (Lipinski definition) is 1. The number of benzene rings is 2. The van der Waals surface area contributed by atoms with E-state index in [0.29, 0.717) is 24.3 Å². The summed E-state index contributed by atoms with van der Waals surface area (Å²) < 4.78 is 27.9. The lowest BCUT2D eigenvalue weighted by Gasteiger charge is -2.29. The fourth-order valence-electron chi connectivity index (χ4n) is 4.59. The number of fused-ring (bicyclic) bond motifs is 1. The quantitative estimate of drug-likeness (QED) is 0.634. The lowest BCUT2D eigenvalue weighted by Crippen LogP contribution is -2.50. The summed E-state index contributed by atoms with van der Waals surface area (Å²) in [5.74, 6) is -1.92. The minimum atomic E-state index is -3.69. The fraction of sp³-hybridized carbons (Fsp3) is 0.400. The summed E-state index contributed by atoms with van der Waals surface area (Å²) in [6.07, 6.45) is 2.66. The molecule has 0 bridgehead atoms. The Morgan fingerprint density at radius 1 is 0.941 bits per heavy atom. The standard InChI is InChI=1S/C25H29N3O5S/c1-16(2)22(28-24(30)19-9-5-6-10-20(19)25(28)31)23(29)26-18-12-11-17(3)21(15-18)34(32,33)27-13-7-4-8-14-27/h5-6,9-12,15-16,22H,4,7-8,13-14H2,1-3H3,(H,26,29). The molecule has 180 valence electrons. The number of carbonyl (C=O) groups excluding carboxylic acids is 3. The van der Waals surface area contributed by atoms with Crippen molar-refractivity contribution < 1.29 is 22.8 Å². The monoisotopic (exact) mass is 483 g/mol. The summed E-state index contributed by atoms with van der Waals surface area (Å²) in [5.41, 5.74) is 1.44. The van der Waals surface area contributed by atoms with Gasteiger partial charge in [0.15, 0.2) is 0 Å². The first-order valence-corrected chi connectivity index (χ1v) is 13.0. The third-order valence-corrected chi connectivity index (χ3v) is 8.43. The van der Waals surface area contributed by atoms with Crippen molar-refractivity contribution in [1.82, 2.24) is 9.21 Å². The summed E-state index contributed by atoms with van der Waals surface area (Å²) in [4.78, 5) is 40.4. The first kappa shape index (κ1) is 24.1. The Morgan fingerprint density at radius 2 is 1.53 bits per heavy atom. The number of imide groups is 1. The summed E-state index contributed by atoms with van der Waals surface area (Å²) in [5, 5.41) is 2.74. The van der Waals surface area contributed by atoms with Crippen molar-refractivity contribution in [3.05, 3.63) is 59.2 Å². The van der Waals surface area contributed by atoms with E-state index >= 15 is 0 Å². The molecule has 2 aromatic carbocycles. The molecule has 0 radical (unpaired) electrons. The zero-order valence-electron chi connectivity index (χ0n) is 19.6. The second kappa shape index (κ2) is 9.31. The van der Waals surface area contributed by atoms with Gasteiger partial charge >= 0.3 is 0 Å². The number of hydrogen-bond acceptors (Lipinski definition) is 5. The maximum Gasteiger partial charge on any atom is 0.262 e.